The number of hydrogen-bond acceptors (Lipinski definition) is 4. The number of nitrogens with zero attached hydrogens (tertiary/aromatic N) is 1. The SMILES string of the molecule is O=C(O)C1CCC(CNc2ccc([N+](=O)[O-])cc2Br)CC1. The molecule has 1 aliphatic carbocycles. The van der Waals surface area contributed by atoms with Crippen molar-refractivity contribution >= 4 is 33.3 Å². The number of benzene rings is 1. The first kappa shape index (κ1) is 15.8. The summed E-state index contributed by atoms with van der Waals surface area (Å²) in [5.74, 6) is -0.449. The van der Waals surface area contributed by atoms with Crippen molar-refractivity contribution in [2.45, 2.75) is 25.7 Å². The summed E-state index contributed by atoms with van der Waals surface area (Å²) in [7, 11) is 0. The summed E-state index contributed by atoms with van der Waals surface area (Å²) in [6.07, 6.45) is 3.25. The highest BCUT2D eigenvalue weighted by atomic mass is 79.9. The Bertz CT molecular complexity index is 542. The second-order valence-corrected chi connectivity index (χ2v) is 6.21. The summed E-state index contributed by atoms with van der Waals surface area (Å²) in [5.41, 5.74) is 0.871. The van der Waals surface area contributed by atoms with Crippen molar-refractivity contribution in [3.63, 3.8) is 0 Å². The fraction of sp³-hybridized carbons (Fsp3) is 0.500. The van der Waals surface area contributed by atoms with Crippen LogP contribution in [0.1, 0.15) is 25.7 Å². The summed E-state index contributed by atoms with van der Waals surface area (Å²) in [4.78, 5) is 21.1. The Morgan fingerprint density at radius 1 is 1.38 bits per heavy atom. The number of nitro benzene ring substituents is 1. The normalized spacial score (nSPS) is 21.8. The first-order valence-electron chi connectivity index (χ1n) is 6.88. The van der Waals surface area contributed by atoms with Crippen LogP contribution in [-0.2, 0) is 4.79 Å². The summed E-state index contributed by atoms with van der Waals surface area (Å²) in [6.45, 7) is 0.753. The van der Waals surface area contributed by atoms with Crippen molar-refractivity contribution in [3.8, 4) is 0 Å². The molecule has 0 heterocycles. The smallest absolute Gasteiger partial charge is 0.306 e. The van der Waals surface area contributed by atoms with Crippen LogP contribution in [0.2, 0.25) is 0 Å². The lowest BCUT2D eigenvalue weighted by atomic mass is 9.82. The van der Waals surface area contributed by atoms with Gasteiger partial charge in [-0.25, -0.2) is 0 Å². The molecule has 7 heteroatoms. The Morgan fingerprint density at radius 2 is 2.05 bits per heavy atom. The van der Waals surface area contributed by atoms with Gasteiger partial charge in [0.2, 0.25) is 0 Å². The average molecular weight is 357 g/mol. The molecular weight excluding hydrogens is 340 g/mol. The number of carboxylic acid groups (broad SMARTS) is 1. The highest BCUT2D eigenvalue weighted by molar-refractivity contribution is 9.10. The van der Waals surface area contributed by atoms with Crippen LogP contribution < -0.4 is 5.32 Å². The third kappa shape index (κ3) is 4.17. The van der Waals surface area contributed by atoms with Crippen LogP contribution in [0.3, 0.4) is 0 Å². The number of non-ortho nitro benzene ring substituents is 1. The van der Waals surface area contributed by atoms with Gasteiger partial charge < -0.3 is 10.4 Å². The molecule has 0 spiro atoms. The number of rotatable bonds is 5. The van der Waals surface area contributed by atoms with Gasteiger partial charge in [-0.15, -0.1) is 0 Å². The van der Waals surface area contributed by atoms with Crippen LogP contribution in [0, 0.1) is 22.0 Å². The molecule has 114 valence electrons. The van der Waals surface area contributed by atoms with E-state index in [2.05, 4.69) is 21.2 Å². The van der Waals surface area contributed by atoms with Crippen molar-refractivity contribution in [1.29, 1.82) is 0 Å². The highest BCUT2D eigenvalue weighted by Crippen LogP contribution is 2.31. The van der Waals surface area contributed by atoms with Gasteiger partial charge >= 0.3 is 5.97 Å². The zero-order chi connectivity index (χ0) is 15.4. The van der Waals surface area contributed by atoms with E-state index in [4.69, 9.17) is 5.11 Å². The van der Waals surface area contributed by atoms with Gasteiger partial charge in [0, 0.05) is 28.8 Å². The van der Waals surface area contributed by atoms with E-state index in [1.165, 1.54) is 12.1 Å². The Labute approximate surface area is 130 Å². The quantitative estimate of drug-likeness (QED) is 0.620. The third-order valence-electron chi connectivity index (χ3n) is 3.94. The van der Waals surface area contributed by atoms with E-state index in [-0.39, 0.29) is 11.6 Å². The molecule has 0 aromatic heterocycles. The number of nitro groups is 1. The number of nitrogens with one attached hydrogen (secondary N) is 1. The number of anilines is 1. The molecule has 0 bridgehead atoms. The number of carboxylic acids is 1. The van der Waals surface area contributed by atoms with Crippen LogP contribution in [0.5, 0.6) is 0 Å². The summed E-state index contributed by atoms with van der Waals surface area (Å²) in [6, 6.07) is 4.63. The molecule has 0 saturated heterocycles. The first-order valence-corrected chi connectivity index (χ1v) is 7.67. The van der Waals surface area contributed by atoms with E-state index >= 15 is 0 Å². The molecule has 1 aromatic rings. The maximum Gasteiger partial charge on any atom is 0.306 e. The van der Waals surface area contributed by atoms with Crippen molar-refractivity contribution in [2.24, 2.45) is 11.8 Å². The number of hydrogen-bond donors (Lipinski definition) is 2. The minimum Gasteiger partial charge on any atom is -0.481 e. The third-order valence-corrected chi connectivity index (χ3v) is 4.60. The van der Waals surface area contributed by atoms with Gasteiger partial charge in [0.1, 0.15) is 0 Å². The lowest BCUT2D eigenvalue weighted by molar-refractivity contribution is -0.384. The predicted molar refractivity (Wildman–Crippen MR) is 82.4 cm³/mol. The zero-order valence-corrected chi connectivity index (χ0v) is 13.0. The summed E-state index contributed by atoms with van der Waals surface area (Å²) in [5, 5.41) is 22.9. The van der Waals surface area contributed by atoms with E-state index < -0.39 is 10.9 Å². The van der Waals surface area contributed by atoms with Crippen molar-refractivity contribution in [3.05, 3.63) is 32.8 Å². The topological polar surface area (TPSA) is 92.5 Å². The van der Waals surface area contributed by atoms with Crippen LogP contribution in [0.15, 0.2) is 22.7 Å². The molecule has 1 fully saturated rings. The van der Waals surface area contributed by atoms with E-state index in [9.17, 15) is 14.9 Å². The Hall–Kier alpha value is -1.63. The molecule has 1 aliphatic rings. The summed E-state index contributed by atoms with van der Waals surface area (Å²) >= 11 is 3.32. The maximum atomic E-state index is 10.9. The van der Waals surface area contributed by atoms with Gasteiger partial charge in [0.25, 0.3) is 5.69 Å². The summed E-state index contributed by atoms with van der Waals surface area (Å²) < 4.78 is 0.663. The molecule has 1 saturated carbocycles. The molecule has 2 N–H and O–H groups in total. The van der Waals surface area contributed by atoms with Crippen molar-refractivity contribution in [1.82, 2.24) is 0 Å². The second-order valence-electron chi connectivity index (χ2n) is 5.36. The number of aliphatic carboxylic acids is 1. The monoisotopic (exact) mass is 356 g/mol. The zero-order valence-electron chi connectivity index (χ0n) is 11.4. The Morgan fingerprint density at radius 3 is 2.57 bits per heavy atom. The predicted octanol–water partition coefficient (Wildman–Crippen LogP) is 3.66. The molecule has 0 aliphatic heterocycles. The van der Waals surface area contributed by atoms with Crippen molar-refractivity contribution < 1.29 is 14.8 Å². The molecule has 1 aromatic carbocycles. The number of halogens is 1. The van der Waals surface area contributed by atoms with Crippen molar-refractivity contribution in [2.75, 3.05) is 11.9 Å². The molecular formula is C14H17BrN2O4. The molecule has 21 heavy (non-hydrogen) atoms. The second kappa shape index (κ2) is 6.89. The Balaban J connectivity index is 1.87. The molecule has 6 nitrogen and oxygen atoms in total. The molecule has 0 unspecified atom stereocenters. The fourth-order valence-electron chi connectivity index (χ4n) is 2.63. The number of carbonyl (C=O) groups is 1. The average Bonchev–Trinajstić information content (AvgIpc) is 2.46. The largest absolute Gasteiger partial charge is 0.481 e. The molecule has 0 amide bonds. The highest BCUT2D eigenvalue weighted by Gasteiger charge is 2.25. The maximum absolute atomic E-state index is 10.9. The molecule has 0 atom stereocenters. The molecule has 2 rings (SSSR count). The van der Waals surface area contributed by atoms with Gasteiger partial charge in [-0.2, -0.15) is 0 Å². The van der Waals surface area contributed by atoms with Crippen LogP contribution in [0.25, 0.3) is 0 Å². The van der Waals surface area contributed by atoms with Gasteiger partial charge in [0.15, 0.2) is 0 Å². The van der Waals surface area contributed by atoms with E-state index in [0.717, 1.165) is 37.9 Å². The van der Waals surface area contributed by atoms with Gasteiger partial charge in [0.05, 0.1) is 10.8 Å². The lowest BCUT2D eigenvalue weighted by Gasteiger charge is -2.26. The minimum atomic E-state index is -0.695. The van der Waals surface area contributed by atoms with Crippen LogP contribution in [-0.4, -0.2) is 22.5 Å². The minimum absolute atomic E-state index is 0.0504. The Kier molecular flexibility index (Phi) is 5.17. The van der Waals surface area contributed by atoms with E-state index in [0.29, 0.717) is 10.4 Å². The van der Waals surface area contributed by atoms with E-state index in [1.54, 1.807) is 6.07 Å². The standard InChI is InChI=1S/C14H17BrN2O4/c15-12-7-11(17(20)21)5-6-13(12)16-8-9-1-3-10(4-2-9)14(18)19/h5-7,9-10,16H,1-4,8H2,(H,18,19). The molecule has 0 radical (unpaired) electrons. The van der Waals surface area contributed by atoms with E-state index in [1.807, 2.05) is 0 Å². The lowest BCUT2D eigenvalue weighted by Crippen LogP contribution is -2.25. The fourth-order valence-corrected chi connectivity index (χ4v) is 3.14. The van der Waals surface area contributed by atoms with Crippen LogP contribution in [0.4, 0.5) is 11.4 Å². The first-order chi connectivity index (χ1) is 9.97. The van der Waals surface area contributed by atoms with Gasteiger partial charge in [-0.05, 0) is 53.6 Å². The van der Waals surface area contributed by atoms with Gasteiger partial charge in [-0.1, -0.05) is 0 Å². The van der Waals surface area contributed by atoms with Gasteiger partial charge in [-0.3, -0.25) is 14.9 Å². The van der Waals surface area contributed by atoms with Crippen LogP contribution >= 0.6 is 15.9 Å².